The van der Waals surface area contributed by atoms with Gasteiger partial charge in [0.1, 0.15) is 5.82 Å². The minimum absolute atomic E-state index is 0.134. The Morgan fingerprint density at radius 3 is 2.93 bits per heavy atom. The molecule has 14 heavy (non-hydrogen) atoms. The molecule has 0 aliphatic rings. The van der Waals surface area contributed by atoms with E-state index >= 15 is 0 Å². The van der Waals surface area contributed by atoms with Gasteiger partial charge in [0.2, 0.25) is 0 Å². The zero-order chi connectivity index (χ0) is 10.6. The third-order valence-corrected chi connectivity index (χ3v) is 1.96. The van der Waals surface area contributed by atoms with E-state index in [1.807, 2.05) is 0 Å². The Labute approximate surface area is 86.7 Å². The summed E-state index contributed by atoms with van der Waals surface area (Å²) in [7, 11) is 0. The van der Waals surface area contributed by atoms with Crippen LogP contribution >= 0.6 is 11.6 Å². The van der Waals surface area contributed by atoms with Crippen LogP contribution in [0, 0.1) is 5.82 Å². The van der Waals surface area contributed by atoms with Crippen LogP contribution in [0.3, 0.4) is 0 Å². The molecule has 1 aromatic carbocycles. The highest BCUT2D eigenvalue weighted by Gasteiger charge is 2.05. The van der Waals surface area contributed by atoms with E-state index in [-0.39, 0.29) is 18.8 Å². The third-order valence-electron chi connectivity index (χ3n) is 1.73. The van der Waals surface area contributed by atoms with Crippen molar-refractivity contribution in [2.45, 2.75) is 6.10 Å². The molecule has 0 aliphatic heterocycles. The highest BCUT2D eigenvalue weighted by molar-refractivity contribution is 6.30. The van der Waals surface area contributed by atoms with Crippen LogP contribution in [0.1, 0.15) is 0 Å². The highest BCUT2D eigenvalue weighted by atomic mass is 35.5. The first-order valence-electron chi connectivity index (χ1n) is 4.20. The second kappa shape index (κ2) is 5.14. The Balaban J connectivity index is 2.62. The molecular weight excluding hydrogens is 207 g/mol. The predicted molar refractivity (Wildman–Crippen MR) is 55.0 cm³/mol. The molecule has 0 fully saturated rings. The highest BCUT2D eigenvalue weighted by Crippen LogP contribution is 2.19. The first-order valence-corrected chi connectivity index (χ1v) is 4.58. The van der Waals surface area contributed by atoms with E-state index in [9.17, 15) is 4.39 Å². The van der Waals surface area contributed by atoms with E-state index < -0.39 is 11.9 Å². The molecule has 0 heterocycles. The van der Waals surface area contributed by atoms with Gasteiger partial charge in [-0.25, -0.2) is 4.39 Å². The molecule has 78 valence electrons. The largest absolute Gasteiger partial charge is 0.390 e. The normalized spacial score (nSPS) is 12.6. The summed E-state index contributed by atoms with van der Waals surface area (Å²) in [5.41, 5.74) is 5.46. The van der Waals surface area contributed by atoms with Crippen molar-refractivity contribution < 1.29 is 9.50 Å². The van der Waals surface area contributed by atoms with Gasteiger partial charge in [-0.3, -0.25) is 0 Å². The lowest BCUT2D eigenvalue weighted by atomic mass is 10.3. The minimum atomic E-state index is -0.687. The van der Waals surface area contributed by atoms with Crippen molar-refractivity contribution in [2.24, 2.45) is 5.73 Å². The van der Waals surface area contributed by atoms with E-state index in [4.69, 9.17) is 22.4 Å². The molecule has 1 unspecified atom stereocenters. The lowest BCUT2D eigenvalue weighted by Crippen LogP contribution is -2.28. The Morgan fingerprint density at radius 1 is 1.57 bits per heavy atom. The topological polar surface area (TPSA) is 58.3 Å². The fourth-order valence-corrected chi connectivity index (χ4v) is 1.12. The van der Waals surface area contributed by atoms with Crippen LogP contribution in [0.25, 0.3) is 0 Å². The number of aliphatic hydroxyl groups excluding tert-OH is 1. The van der Waals surface area contributed by atoms with Crippen LogP contribution < -0.4 is 11.1 Å². The Bertz CT molecular complexity index is 309. The van der Waals surface area contributed by atoms with Crippen molar-refractivity contribution in [1.29, 1.82) is 0 Å². The van der Waals surface area contributed by atoms with E-state index in [1.54, 1.807) is 0 Å². The molecular formula is C9H12ClFN2O. The monoisotopic (exact) mass is 218 g/mol. The van der Waals surface area contributed by atoms with Crippen molar-refractivity contribution in [1.82, 2.24) is 0 Å². The summed E-state index contributed by atoms with van der Waals surface area (Å²) < 4.78 is 13.1. The minimum Gasteiger partial charge on any atom is -0.390 e. The summed E-state index contributed by atoms with van der Waals surface area (Å²) in [4.78, 5) is 0. The fraction of sp³-hybridized carbons (Fsp3) is 0.333. The average Bonchev–Trinajstić information content (AvgIpc) is 2.19. The van der Waals surface area contributed by atoms with Gasteiger partial charge in [0, 0.05) is 18.1 Å². The summed E-state index contributed by atoms with van der Waals surface area (Å²) in [5, 5.41) is 12.3. The number of anilines is 1. The number of aliphatic hydroxyl groups is 1. The first-order chi connectivity index (χ1) is 6.63. The summed E-state index contributed by atoms with van der Waals surface area (Å²) in [6.45, 7) is 0.336. The van der Waals surface area contributed by atoms with E-state index in [1.165, 1.54) is 18.2 Å². The van der Waals surface area contributed by atoms with Gasteiger partial charge < -0.3 is 16.2 Å². The molecule has 0 aliphatic carbocycles. The second-order valence-electron chi connectivity index (χ2n) is 2.89. The molecule has 0 saturated heterocycles. The molecule has 1 atom stereocenters. The zero-order valence-electron chi connectivity index (χ0n) is 7.50. The second-order valence-corrected chi connectivity index (χ2v) is 3.33. The van der Waals surface area contributed by atoms with Crippen molar-refractivity contribution in [2.75, 3.05) is 18.4 Å². The summed E-state index contributed by atoms with van der Waals surface area (Å²) in [5.74, 6) is -0.404. The Morgan fingerprint density at radius 2 is 2.29 bits per heavy atom. The fourth-order valence-electron chi connectivity index (χ4n) is 0.944. The number of hydrogen-bond acceptors (Lipinski definition) is 3. The van der Waals surface area contributed by atoms with Crippen LogP contribution in [0.5, 0.6) is 0 Å². The quantitative estimate of drug-likeness (QED) is 0.712. The summed E-state index contributed by atoms with van der Waals surface area (Å²) in [6, 6.07) is 4.18. The number of rotatable bonds is 4. The summed E-state index contributed by atoms with van der Waals surface area (Å²) in [6.07, 6.45) is -0.687. The molecule has 1 aromatic rings. The van der Waals surface area contributed by atoms with Crippen molar-refractivity contribution in [3.63, 3.8) is 0 Å². The molecule has 0 spiro atoms. The van der Waals surface area contributed by atoms with Crippen molar-refractivity contribution in [3.05, 3.63) is 29.0 Å². The molecule has 0 amide bonds. The Kier molecular flexibility index (Phi) is 4.13. The average molecular weight is 219 g/mol. The smallest absolute Gasteiger partial charge is 0.146 e. The molecule has 4 N–H and O–H groups in total. The lowest BCUT2D eigenvalue weighted by Gasteiger charge is -2.11. The van der Waals surface area contributed by atoms with Gasteiger partial charge in [-0.2, -0.15) is 0 Å². The molecule has 0 radical (unpaired) electrons. The van der Waals surface area contributed by atoms with Gasteiger partial charge >= 0.3 is 0 Å². The van der Waals surface area contributed by atoms with Crippen LogP contribution in [0.4, 0.5) is 10.1 Å². The maximum absolute atomic E-state index is 13.1. The van der Waals surface area contributed by atoms with Crippen LogP contribution in [-0.2, 0) is 0 Å². The SMILES string of the molecule is NCC(O)CNc1cc(Cl)ccc1F. The van der Waals surface area contributed by atoms with Gasteiger partial charge in [0.15, 0.2) is 0 Å². The predicted octanol–water partition coefficient (Wildman–Crippen LogP) is 1.21. The van der Waals surface area contributed by atoms with E-state index in [0.717, 1.165) is 0 Å². The Hall–Kier alpha value is -0.840. The van der Waals surface area contributed by atoms with E-state index in [2.05, 4.69) is 5.32 Å². The molecule has 0 saturated carbocycles. The van der Waals surface area contributed by atoms with Gasteiger partial charge in [0.25, 0.3) is 0 Å². The maximum atomic E-state index is 13.1. The van der Waals surface area contributed by atoms with Crippen molar-refractivity contribution in [3.8, 4) is 0 Å². The number of halogens is 2. The number of nitrogens with one attached hydrogen (secondary N) is 1. The summed E-state index contributed by atoms with van der Waals surface area (Å²) >= 11 is 5.67. The molecule has 1 rings (SSSR count). The van der Waals surface area contributed by atoms with Crippen LogP contribution in [0.15, 0.2) is 18.2 Å². The molecule has 5 heteroatoms. The molecule has 0 aromatic heterocycles. The molecule has 3 nitrogen and oxygen atoms in total. The zero-order valence-corrected chi connectivity index (χ0v) is 8.26. The van der Waals surface area contributed by atoms with Crippen LogP contribution in [-0.4, -0.2) is 24.3 Å². The number of nitrogens with two attached hydrogens (primary N) is 1. The van der Waals surface area contributed by atoms with Crippen molar-refractivity contribution >= 4 is 17.3 Å². The molecule has 0 bridgehead atoms. The number of benzene rings is 1. The van der Waals surface area contributed by atoms with E-state index in [0.29, 0.717) is 5.02 Å². The standard InChI is InChI=1S/C9H12ClFN2O/c10-6-1-2-8(11)9(3-6)13-5-7(14)4-12/h1-3,7,13-14H,4-5,12H2. The third kappa shape index (κ3) is 3.14. The first kappa shape index (κ1) is 11.2. The lowest BCUT2D eigenvalue weighted by molar-refractivity contribution is 0.196. The van der Waals surface area contributed by atoms with Gasteiger partial charge in [0.05, 0.1) is 11.8 Å². The van der Waals surface area contributed by atoms with Gasteiger partial charge in [-0.1, -0.05) is 11.6 Å². The maximum Gasteiger partial charge on any atom is 0.146 e. The van der Waals surface area contributed by atoms with Gasteiger partial charge in [-0.05, 0) is 18.2 Å². The number of hydrogen-bond donors (Lipinski definition) is 3. The van der Waals surface area contributed by atoms with Crippen LogP contribution in [0.2, 0.25) is 5.02 Å². The van der Waals surface area contributed by atoms with Gasteiger partial charge in [-0.15, -0.1) is 0 Å².